The Morgan fingerprint density at radius 1 is 1.12 bits per heavy atom. The van der Waals surface area contributed by atoms with E-state index in [-0.39, 0.29) is 5.54 Å². The fraction of sp³-hybridized carbons (Fsp3) is 1.00. The molecular formula is C15H30N2. The lowest BCUT2D eigenvalue weighted by atomic mass is 9.74. The molecule has 17 heavy (non-hydrogen) atoms. The Morgan fingerprint density at radius 2 is 1.71 bits per heavy atom. The quantitative estimate of drug-likeness (QED) is 0.815. The maximum atomic E-state index is 6.68. The number of hydrogen-bond donors (Lipinski definition) is 1. The Bertz CT molecular complexity index is 229. The van der Waals surface area contributed by atoms with Gasteiger partial charge in [-0.2, -0.15) is 0 Å². The minimum absolute atomic E-state index is 0.249. The summed E-state index contributed by atoms with van der Waals surface area (Å²) < 4.78 is 0. The fourth-order valence-electron chi connectivity index (χ4n) is 3.90. The van der Waals surface area contributed by atoms with Gasteiger partial charge in [0.25, 0.3) is 0 Å². The zero-order valence-corrected chi connectivity index (χ0v) is 11.8. The van der Waals surface area contributed by atoms with Crippen molar-refractivity contribution < 1.29 is 0 Å². The van der Waals surface area contributed by atoms with Crippen molar-refractivity contribution in [2.24, 2.45) is 11.7 Å². The first-order valence-corrected chi connectivity index (χ1v) is 7.69. The maximum Gasteiger partial charge on any atom is 0.0332 e. The minimum Gasteiger partial charge on any atom is -0.326 e. The first-order valence-electron chi connectivity index (χ1n) is 7.69. The van der Waals surface area contributed by atoms with Gasteiger partial charge in [-0.15, -0.1) is 0 Å². The first-order chi connectivity index (χ1) is 8.18. The molecule has 1 saturated heterocycles. The van der Waals surface area contributed by atoms with Gasteiger partial charge >= 0.3 is 0 Å². The van der Waals surface area contributed by atoms with E-state index in [2.05, 4.69) is 18.7 Å². The number of rotatable bonds is 4. The van der Waals surface area contributed by atoms with Crippen molar-refractivity contribution in [3.63, 3.8) is 0 Å². The molecule has 2 fully saturated rings. The highest BCUT2D eigenvalue weighted by molar-refractivity contribution is 4.99. The second-order valence-corrected chi connectivity index (χ2v) is 6.33. The topological polar surface area (TPSA) is 29.3 Å². The van der Waals surface area contributed by atoms with Crippen LogP contribution in [-0.2, 0) is 0 Å². The van der Waals surface area contributed by atoms with E-state index >= 15 is 0 Å². The van der Waals surface area contributed by atoms with Crippen molar-refractivity contribution >= 4 is 0 Å². The van der Waals surface area contributed by atoms with Crippen LogP contribution in [0.25, 0.3) is 0 Å². The van der Waals surface area contributed by atoms with Crippen molar-refractivity contribution in [2.45, 2.75) is 76.8 Å². The molecule has 0 aromatic heterocycles. The predicted molar refractivity (Wildman–Crippen MR) is 74.1 cm³/mol. The van der Waals surface area contributed by atoms with E-state index < -0.39 is 0 Å². The van der Waals surface area contributed by atoms with Crippen molar-refractivity contribution in [3.8, 4) is 0 Å². The third kappa shape index (κ3) is 2.68. The first kappa shape index (κ1) is 13.4. The third-order valence-electron chi connectivity index (χ3n) is 5.42. The molecule has 1 heterocycles. The van der Waals surface area contributed by atoms with Crippen LogP contribution in [0.4, 0.5) is 0 Å². The molecule has 1 aliphatic heterocycles. The van der Waals surface area contributed by atoms with E-state index in [1.807, 2.05) is 0 Å². The molecule has 2 heteroatoms. The second-order valence-electron chi connectivity index (χ2n) is 6.33. The van der Waals surface area contributed by atoms with Crippen LogP contribution >= 0.6 is 0 Å². The lowest BCUT2D eigenvalue weighted by molar-refractivity contribution is 0.0653. The summed E-state index contributed by atoms with van der Waals surface area (Å²) in [5.41, 5.74) is 6.92. The van der Waals surface area contributed by atoms with Gasteiger partial charge in [0, 0.05) is 11.6 Å². The average Bonchev–Trinajstić information content (AvgIpc) is 2.92. The largest absolute Gasteiger partial charge is 0.326 e. The molecule has 2 unspecified atom stereocenters. The van der Waals surface area contributed by atoms with E-state index in [1.54, 1.807) is 0 Å². The number of likely N-dealkylation sites (tertiary alicyclic amines) is 1. The van der Waals surface area contributed by atoms with Crippen LogP contribution < -0.4 is 5.73 Å². The molecule has 1 aliphatic carbocycles. The van der Waals surface area contributed by atoms with Gasteiger partial charge in [0.1, 0.15) is 0 Å². The fourth-order valence-corrected chi connectivity index (χ4v) is 3.90. The molecule has 2 N–H and O–H groups in total. The molecule has 1 saturated carbocycles. The molecule has 2 aliphatic rings. The van der Waals surface area contributed by atoms with Crippen molar-refractivity contribution in [3.05, 3.63) is 0 Å². The predicted octanol–water partition coefficient (Wildman–Crippen LogP) is 3.16. The zero-order chi connectivity index (χ0) is 12.3. The summed E-state index contributed by atoms with van der Waals surface area (Å²) >= 11 is 0. The van der Waals surface area contributed by atoms with Crippen molar-refractivity contribution in [2.75, 3.05) is 13.1 Å². The van der Waals surface area contributed by atoms with Crippen molar-refractivity contribution in [1.29, 1.82) is 0 Å². The monoisotopic (exact) mass is 238 g/mol. The molecular weight excluding hydrogens is 208 g/mol. The summed E-state index contributed by atoms with van der Waals surface area (Å²) in [7, 11) is 0. The highest BCUT2D eigenvalue weighted by Gasteiger charge is 2.41. The Morgan fingerprint density at radius 3 is 2.24 bits per heavy atom. The standard InChI is InChI=1S/C15H30N2/c1-3-15(2,17-11-7-8-12-17)14(16)13-9-5-4-6-10-13/h13-14H,3-12,16H2,1-2H3. The second kappa shape index (κ2) is 5.71. The zero-order valence-electron chi connectivity index (χ0n) is 11.8. The van der Waals surface area contributed by atoms with Gasteiger partial charge < -0.3 is 5.73 Å². The van der Waals surface area contributed by atoms with Gasteiger partial charge in [-0.3, -0.25) is 4.90 Å². The maximum absolute atomic E-state index is 6.68. The van der Waals surface area contributed by atoms with Gasteiger partial charge in [0.2, 0.25) is 0 Å². The van der Waals surface area contributed by atoms with E-state index in [4.69, 9.17) is 5.73 Å². The molecule has 2 atom stereocenters. The average molecular weight is 238 g/mol. The van der Waals surface area contributed by atoms with E-state index in [9.17, 15) is 0 Å². The van der Waals surface area contributed by atoms with Gasteiger partial charge in [-0.25, -0.2) is 0 Å². The third-order valence-corrected chi connectivity index (χ3v) is 5.42. The Balaban J connectivity index is 2.04. The summed E-state index contributed by atoms with van der Waals surface area (Å²) in [5, 5.41) is 0. The SMILES string of the molecule is CCC(C)(C(N)C1CCCCC1)N1CCCC1. The van der Waals surface area contributed by atoms with Gasteiger partial charge in [-0.05, 0) is 58.0 Å². The molecule has 100 valence electrons. The van der Waals surface area contributed by atoms with Crippen LogP contribution in [0.1, 0.15) is 65.2 Å². The molecule has 2 nitrogen and oxygen atoms in total. The summed E-state index contributed by atoms with van der Waals surface area (Å²) in [5.74, 6) is 0.772. The number of nitrogens with two attached hydrogens (primary N) is 1. The van der Waals surface area contributed by atoms with Crippen LogP contribution in [-0.4, -0.2) is 29.6 Å². The molecule has 2 rings (SSSR count). The van der Waals surface area contributed by atoms with Gasteiger partial charge in [0.05, 0.1) is 0 Å². The van der Waals surface area contributed by atoms with Gasteiger partial charge in [-0.1, -0.05) is 26.2 Å². The highest BCUT2D eigenvalue weighted by atomic mass is 15.2. The van der Waals surface area contributed by atoms with Crippen LogP contribution in [0.15, 0.2) is 0 Å². The Hall–Kier alpha value is -0.0800. The molecule has 0 spiro atoms. The van der Waals surface area contributed by atoms with E-state index in [0.29, 0.717) is 6.04 Å². The van der Waals surface area contributed by atoms with Gasteiger partial charge in [0.15, 0.2) is 0 Å². The smallest absolute Gasteiger partial charge is 0.0332 e. The molecule has 0 aromatic carbocycles. The minimum atomic E-state index is 0.249. The summed E-state index contributed by atoms with van der Waals surface area (Å²) in [6.45, 7) is 7.27. The Kier molecular flexibility index (Phi) is 4.48. The lowest BCUT2D eigenvalue weighted by Gasteiger charge is -2.46. The highest BCUT2D eigenvalue weighted by Crippen LogP contribution is 2.35. The van der Waals surface area contributed by atoms with Crippen LogP contribution in [0.2, 0.25) is 0 Å². The van der Waals surface area contributed by atoms with E-state index in [0.717, 1.165) is 5.92 Å². The summed E-state index contributed by atoms with van der Waals surface area (Å²) in [6.07, 6.45) is 10.9. The van der Waals surface area contributed by atoms with Crippen LogP contribution in [0.3, 0.4) is 0 Å². The summed E-state index contributed by atoms with van der Waals surface area (Å²) in [6, 6.07) is 0.380. The van der Waals surface area contributed by atoms with Crippen molar-refractivity contribution in [1.82, 2.24) is 4.90 Å². The van der Waals surface area contributed by atoms with E-state index in [1.165, 1.54) is 64.5 Å². The molecule has 0 aromatic rings. The molecule has 0 amide bonds. The molecule has 0 bridgehead atoms. The van der Waals surface area contributed by atoms with Crippen LogP contribution in [0, 0.1) is 5.92 Å². The Labute approximate surface area is 107 Å². The normalized spacial score (nSPS) is 29.1. The molecule has 0 radical (unpaired) electrons. The van der Waals surface area contributed by atoms with Crippen LogP contribution in [0.5, 0.6) is 0 Å². The number of nitrogens with zero attached hydrogens (tertiary/aromatic N) is 1. The lowest BCUT2D eigenvalue weighted by Crippen LogP contribution is -2.59. The number of hydrogen-bond acceptors (Lipinski definition) is 2. The summed E-state index contributed by atoms with van der Waals surface area (Å²) in [4.78, 5) is 2.67.